The van der Waals surface area contributed by atoms with Crippen molar-refractivity contribution in [1.82, 2.24) is 50.6 Å². The zero-order valence-corrected chi connectivity index (χ0v) is 55.9. The Bertz CT molecular complexity index is 3540. The van der Waals surface area contributed by atoms with Crippen LogP contribution in [0, 0.1) is 35.5 Å². The van der Waals surface area contributed by atoms with Crippen molar-refractivity contribution in [2.24, 2.45) is 35.5 Å². The molecule has 3 amide bonds. The van der Waals surface area contributed by atoms with Crippen LogP contribution in [0.25, 0.3) is 0 Å². The number of nitrogens with zero attached hydrogens (tertiary/aromatic N) is 6. The van der Waals surface area contributed by atoms with E-state index in [2.05, 4.69) is 35.9 Å². The van der Waals surface area contributed by atoms with Crippen molar-refractivity contribution in [2.45, 2.75) is 166 Å². The Morgan fingerprint density at radius 2 is 0.856 bits per heavy atom. The van der Waals surface area contributed by atoms with Crippen LogP contribution < -0.4 is 5.32 Å². The third kappa shape index (κ3) is 17.1. The zero-order chi connectivity index (χ0) is 67.6. The number of fused-ring (bicyclic) bond motifs is 6. The van der Waals surface area contributed by atoms with Crippen molar-refractivity contribution in [3.63, 3.8) is 0 Å². The summed E-state index contributed by atoms with van der Waals surface area (Å²) in [6, 6.07) is 17.9. The molecule has 3 aromatic heterocycles. The smallest absolute Gasteiger partial charge is 0.416 e. The molecule has 0 bridgehead atoms. The molecule has 27 heteroatoms. The van der Waals surface area contributed by atoms with Crippen molar-refractivity contribution in [3.8, 4) is 0 Å². The first kappa shape index (κ1) is 74.0. The minimum absolute atomic E-state index is 0. The molecule has 16 nitrogen and oxygen atoms in total. The van der Waals surface area contributed by atoms with Gasteiger partial charge < -0.3 is 24.8 Å². The van der Waals surface area contributed by atoms with Gasteiger partial charge in [-0.1, -0.05) is 54.6 Å². The van der Waals surface area contributed by atoms with Gasteiger partial charge in [0.1, 0.15) is 5.60 Å². The van der Waals surface area contributed by atoms with Crippen LogP contribution >= 0.6 is 24.8 Å². The monoisotopic (exact) mass is 1400 g/mol. The van der Waals surface area contributed by atoms with Gasteiger partial charge in [0.2, 0.25) is 0 Å². The Morgan fingerprint density at radius 1 is 0.495 bits per heavy atom. The molecule has 3 unspecified atom stereocenters. The number of alkyl halides is 9. The van der Waals surface area contributed by atoms with E-state index in [9.17, 15) is 53.9 Å². The van der Waals surface area contributed by atoms with Crippen LogP contribution in [0.3, 0.4) is 0 Å². The highest BCUT2D eigenvalue weighted by Crippen LogP contribution is 2.52. The molecule has 6 fully saturated rings. The molecule has 3 saturated carbocycles. The van der Waals surface area contributed by atoms with Crippen LogP contribution in [0.4, 0.5) is 44.3 Å². The number of H-pyrrole nitrogens is 3. The second-order valence-corrected chi connectivity index (χ2v) is 28.0. The lowest BCUT2D eigenvalue weighted by atomic mass is 9.91. The zero-order valence-electron chi connectivity index (χ0n) is 54.3. The summed E-state index contributed by atoms with van der Waals surface area (Å²) < 4.78 is 125. The standard InChI is InChI=1S/2C22H24F3N3O.C14H16F3N.C11H17N3O2.CO2.2ClH/c2*23-22(24,25)18-7-3-1-5-16(18)13-9-14-11-28(12-15(14)10-13)21(29)20-17-6-2-4-8-19(17)26-27-20;15-14(16,17)13-4-2-1-3-12(13)9-5-10-7-18-8-11(10)6-9;1-11(2,3)16-10(15)14-5-4-9-8(7-14)6-12-13-9;2-1-3;;/h2*1,3,5,7,13-15H,2,4,6,8-12H2,(H,26,27);1-4,9-11,18H,5-8H2;6H,4-5,7H2,1-3H3,(H,12,13);;2*1H/t2*13?,14-,15+;9?,10-,11+;;;;. The van der Waals surface area contributed by atoms with E-state index in [-0.39, 0.29) is 90.3 Å². The molecule has 5 aliphatic carbocycles. The predicted molar refractivity (Wildman–Crippen MR) is 345 cm³/mol. The fourth-order valence-electron chi connectivity index (χ4n) is 16.5. The molecule has 526 valence electrons. The number of aromatic amines is 3. The number of aryl methyl sites for hydroxylation is 2. The second kappa shape index (κ2) is 30.9. The number of ether oxygens (including phenoxy) is 1. The van der Waals surface area contributed by atoms with Gasteiger partial charge >= 0.3 is 30.8 Å². The van der Waals surface area contributed by atoms with Gasteiger partial charge in [-0.2, -0.15) is 64.4 Å². The summed E-state index contributed by atoms with van der Waals surface area (Å²) in [6.45, 7) is 11.3. The third-order valence-electron chi connectivity index (χ3n) is 20.8. The minimum Gasteiger partial charge on any atom is -0.444 e. The maximum Gasteiger partial charge on any atom is 0.416 e. The summed E-state index contributed by atoms with van der Waals surface area (Å²) in [4.78, 5) is 59.6. The van der Waals surface area contributed by atoms with E-state index in [0.717, 1.165) is 117 Å². The van der Waals surface area contributed by atoms with Crippen LogP contribution in [-0.2, 0) is 71.5 Å². The molecule has 97 heavy (non-hydrogen) atoms. The number of aromatic nitrogens is 6. The number of hydrogen-bond donors (Lipinski definition) is 4. The molecule has 6 aromatic rings. The Labute approximate surface area is 569 Å². The highest BCUT2D eigenvalue weighted by atomic mass is 35.5. The lowest BCUT2D eigenvalue weighted by Crippen LogP contribution is -2.39. The van der Waals surface area contributed by atoms with E-state index in [1.54, 1.807) is 47.5 Å². The number of nitrogens with one attached hydrogen (secondary N) is 4. The molecule has 4 aliphatic heterocycles. The van der Waals surface area contributed by atoms with Crippen LogP contribution in [0.2, 0.25) is 0 Å². The van der Waals surface area contributed by atoms with Gasteiger partial charge in [-0.25, -0.2) is 4.79 Å². The summed E-state index contributed by atoms with van der Waals surface area (Å²) in [5.41, 5.74) is 7.03. The number of likely N-dealkylation sites (tertiary alicyclic amines) is 2. The quantitative estimate of drug-likeness (QED) is 0.120. The molecule has 0 radical (unpaired) electrons. The van der Waals surface area contributed by atoms with Gasteiger partial charge in [-0.05, 0) is 212 Å². The van der Waals surface area contributed by atoms with Crippen LogP contribution in [0.15, 0.2) is 79.0 Å². The van der Waals surface area contributed by atoms with E-state index in [0.29, 0.717) is 105 Å². The normalized spacial score (nSPS) is 24.4. The Morgan fingerprint density at radius 3 is 1.23 bits per heavy atom. The number of amides is 3. The molecule has 0 spiro atoms. The van der Waals surface area contributed by atoms with Gasteiger partial charge in [0.15, 0.2) is 11.4 Å². The fraction of sp³-hybridized carbons (Fsp3) is 0.557. The van der Waals surface area contributed by atoms with Crippen LogP contribution in [0.1, 0.15) is 191 Å². The highest BCUT2D eigenvalue weighted by Gasteiger charge is 2.48. The Balaban J connectivity index is 0.000000153. The SMILES string of the molecule is CC(C)(C)OC(=O)N1CCc2[nH]ncc2C1.Cl.Cl.FC(F)(F)c1ccccc1C1C[C@H]2CNC[C@H]2C1.O=C(c1n[nH]c2c1CCCC2)N1C[C@H]2CC(c3ccccc3C(F)(F)F)C[C@H]2C1.O=C(c1n[nH]c2c1CCCC2)N1C[C@H]2CC(c3ccccc3C(F)(F)F)C[C@H]2C1.O=C=O. The molecule has 3 aromatic carbocycles. The van der Waals surface area contributed by atoms with Crippen LogP contribution in [-0.4, -0.2) is 121 Å². The number of benzene rings is 3. The van der Waals surface area contributed by atoms with E-state index >= 15 is 0 Å². The molecule has 9 aliphatic rings. The summed E-state index contributed by atoms with van der Waals surface area (Å²) >= 11 is 0. The third-order valence-corrected chi connectivity index (χ3v) is 20.8. The second-order valence-electron chi connectivity index (χ2n) is 28.0. The van der Waals surface area contributed by atoms with Gasteiger partial charge in [0, 0.05) is 72.9 Å². The van der Waals surface area contributed by atoms with E-state index < -0.39 is 40.8 Å². The first-order valence-electron chi connectivity index (χ1n) is 33.1. The number of carbonyl (C=O) groups excluding carboxylic acids is 5. The highest BCUT2D eigenvalue weighted by molar-refractivity contribution is 5.95. The lowest BCUT2D eigenvalue weighted by molar-refractivity contribution is -0.191. The molecule has 15 rings (SSSR count). The number of rotatable bonds is 5. The van der Waals surface area contributed by atoms with Crippen molar-refractivity contribution >= 4 is 48.9 Å². The Hall–Kier alpha value is -7.21. The fourth-order valence-corrected chi connectivity index (χ4v) is 16.5. The summed E-state index contributed by atoms with van der Waals surface area (Å²) in [5.74, 6) is 2.06. The largest absolute Gasteiger partial charge is 0.444 e. The summed E-state index contributed by atoms with van der Waals surface area (Å²) in [7, 11) is 0. The molecule has 4 N–H and O–H groups in total. The number of carbonyl (C=O) groups is 3. The van der Waals surface area contributed by atoms with Gasteiger partial charge in [0.25, 0.3) is 11.8 Å². The molecule has 9 atom stereocenters. The first-order valence-corrected chi connectivity index (χ1v) is 33.1. The Kier molecular flexibility index (Phi) is 23.6. The first-order chi connectivity index (χ1) is 45.3. The minimum atomic E-state index is -4.32. The van der Waals surface area contributed by atoms with E-state index in [1.807, 2.05) is 30.6 Å². The van der Waals surface area contributed by atoms with Crippen molar-refractivity contribution in [1.29, 1.82) is 0 Å². The van der Waals surface area contributed by atoms with Gasteiger partial charge in [-0.3, -0.25) is 24.9 Å². The maximum atomic E-state index is 13.4. The van der Waals surface area contributed by atoms with Gasteiger partial charge in [0.05, 0.1) is 29.4 Å². The van der Waals surface area contributed by atoms with Crippen molar-refractivity contribution in [2.75, 3.05) is 45.8 Å². The van der Waals surface area contributed by atoms with E-state index in [4.69, 9.17) is 14.3 Å². The van der Waals surface area contributed by atoms with Crippen molar-refractivity contribution in [3.05, 3.63) is 158 Å². The number of hydrogen-bond acceptors (Lipinski definition) is 10. The molecular weight excluding hydrogens is 1320 g/mol. The average molecular weight is 1400 g/mol. The maximum absolute atomic E-state index is 13.4. The topological polar surface area (TPSA) is 202 Å². The van der Waals surface area contributed by atoms with Crippen molar-refractivity contribution < 1.29 is 68.2 Å². The summed E-state index contributed by atoms with van der Waals surface area (Å²) in [5, 5.41) is 24.9. The average Bonchev–Trinajstić information content (AvgIpc) is 1.63. The van der Waals surface area contributed by atoms with Gasteiger partial charge in [-0.15, -0.1) is 24.8 Å². The van der Waals surface area contributed by atoms with E-state index in [1.165, 1.54) is 36.4 Å². The molecule has 3 saturated heterocycles. The summed E-state index contributed by atoms with van der Waals surface area (Å²) in [6.07, 6.45) is 2.41. The molecule has 7 heterocycles. The van der Waals surface area contributed by atoms with Crippen LogP contribution in [0.5, 0.6) is 0 Å². The lowest BCUT2D eigenvalue weighted by Gasteiger charge is -2.29. The number of halogens is 11. The predicted octanol–water partition coefficient (Wildman–Crippen LogP) is 14.5. The molecular formula is C70H83Cl2F9N10O6.